The first-order valence-corrected chi connectivity index (χ1v) is 5.86. The van der Waals surface area contributed by atoms with Crippen LogP contribution in [0.1, 0.15) is 5.56 Å². The molecular formula is C12H13N7. The average molecular weight is 255 g/mol. The first-order chi connectivity index (χ1) is 9.31. The van der Waals surface area contributed by atoms with Crippen molar-refractivity contribution in [3.63, 3.8) is 0 Å². The van der Waals surface area contributed by atoms with E-state index in [-0.39, 0.29) is 0 Å². The van der Waals surface area contributed by atoms with Gasteiger partial charge in [0, 0.05) is 31.0 Å². The van der Waals surface area contributed by atoms with E-state index < -0.39 is 0 Å². The fourth-order valence-electron chi connectivity index (χ4n) is 1.81. The molecule has 1 aromatic carbocycles. The molecule has 0 fully saturated rings. The lowest BCUT2D eigenvalue weighted by Crippen LogP contribution is -2.00. The maximum Gasteiger partial charge on any atom is 0.143 e. The summed E-state index contributed by atoms with van der Waals surface area (Å²) >= 11 is 0. The zero-order valence-electron chi connectivity index (χ0n) is 10.4. The molecule has 96 valence electrons. The molecule has 1 N–H and O–H groups in total. The molecule has 3 aromatic rings. The van der Waals surface area contributed by atoms with Gasteiger partial charge < -0.3 is 5.32 Å². The lowest BCUT2D eigenvalue weighted by atomic mass is 10.2. The predicted octanol–water partition coefficient (Wildman–Crippen LogP) is 1.01. The molecule has 0 atom stereocenters. The highest BCUT2D eigenvalue weighted by molar-refractivity contribution is 5.50. The molecule has 0 aliphatic heterocycles. The van der Waals surface area contributed by atoms with E-state index in [0.29, 0.717) is 0 Å². The monoisotopic (exact) mass is 255 g/mol. The number of anilines is 1. The Bertz CT molecular complexity index is 656. The molecule has 7 heteroatoms. The van der Waals surface area contributed by atoms with Crippen LogP contribution in [0.15, 0.2) is 43.0 Å². The Morgan fingerprint density at radius 3 is 3.00 bits per heavy atom. The Morgan fingerprint density at radius 2 is 2.26 bits per heavy atom. The van der Waals surface area contributed by atoms with Gasteiger partial charge in [-0.2, -0.15) is 5.10 Å². The minimum Gasteiger partial charge on any atom is -0.381 e. The molecule has 0 aliphatic carbocycles. The largest absolute Gasteiger partial charge is 0.381 e. The minimum absolute atomic E-state index is 0.729. The Morgan fingerprint density at radius 1 is 1.32 bits per heavy atom. The van der Waals surface area contributed by atoms with Gasteiger partial charge in [0.2, 0.25) is 0 Å². The van der Waals surface area contributed by atoms with Gasteiger partial charge in [0.25, 0.3) is 0 Å². The quantitative estimate of drug-likeness (QED) is 0.753. The van der Waals surface area contributed by atoms with Gasteiger partial charge in [-0.3, -0.25) is 4.68 Å². The van der Waals surface area contributed by atoms with E-state index in [0.717, 1.165) is 23.5 Å². The van der Waals surface area contributed by atoms with Crippen LogP contribution < -0.4 is 5.32 Å². The normalized spacial score (nSPS) is 10.6. The summed E-state index contributed by atoms with van der Waals surface area (Å²) in [5.41, 5.74) is 3.06. The van der Waals surface area contributed by atoms with Crippen LogP contribution in [0, 0.1) is 0 Å². The van der Waals surface area contributed by atoms with Crippen molar-refractivity contribution in [1.29, 1.82) is 0 Å². The van der Waals surface area contributed by atoms with Crippen molar-refractivity contribution >= 4 is 5.69 Å². The highest BCUT2D eigenvalue weighted by Crippen LogP contribution is 2.14. The van der Waals surface area contributed by atoms with E-state index >= 15 is 0 Å². The second-order valence-corrected chi connectivity index (χ2v) is 4.18. The van der Waals surface area contributed by atoms with Gasteiger partial charge in [-0.1, -0.05) is 6.07 Å². The number of rotatable bonds is 4. The van der Waals surface area contributed by atoms with Crippen molar-refractivity contribution in [2.24, 2.45) is 7.05 Å². The highest BCUT2D eigenvalue weighted by atomic mass is 15.5. The van der Waals surface area contributed by atoms with Crippen LogP contribution in [0.2, 0.25) is 0 Å². The summed E-state index contributed by atoms with van der Waals surface area (Å²) in [6, 6.07) is 7.91. The molecule has 0 saturated carbocycles. The van der Waals surface area contributed by atoms with Gasteiger partial charge in [-0.25, -0.2) is 4.68 Å². The number of tetrazole rings is 1. The van der Waals surface area contributed by atoms with Crippen LogP contribution in [0.3, 0.4) is 0 Å². The Labute approximate surface area is 109 Å². The van der Waals surface area contributed by atoms with Crippen molar-refractivity contribution in [1.82, 2.24) is 30.0 Å². The van der Waals surface area contributed by atoms with Gasteiger partial charge in [0.05, 0.1) is 11.9 Å². The van der Waals surface area contributed by atoms with Crippen LogP contribution in [-0.4, -0.2) is 30.0 Å². The fourth-order valence-corrected chi connectivity index (χ4v) is 1.81. The van der Waals surface area contributed by atoms with Crippen LogP contribution in [0.5, 0.6) is 0 Å². The maximum absolute atomic E-state index is 4.13. The summed E-state index contributed by atoms with van der Waals surface area (Å²) in [5, 5.41) is 18.6. The average Bonchev–Trinajstić information content (AvgIpc) is 3.08. The molecule has 0 radical (unpaired) electrons. The molecule has 0 amide bonds. The summed E-state index contributed by atoms with van der Waals surface area (Å²) in [4.78, 5) is 0. The standard InChI is InChI=1S/C12H13N7/c1-18-8-10(7-15-18)6-13-11-3-2-4-12(5-11)19-9-14-16-17-19/h2-5,7-9,13H,6H2,1H3. The van der Waals surface area contributed by atoms with Crippen molar-refractivity contribution in [3.05, 3.63) is 48.5 Å². The zero-order valence-corrected chi connectivity index (χ0v) is 10.4. The highest BCUT2D eigenvalue weighted by Gasteiger charge is 2.00. The van der Waals surface area contributed by atoms with E-state index in [4.69, 9.17) is 0 Å². The van der Waals surface area contributed by atoms with Crippen LogP contribution in [0.25, 0.3) is 5.69 Å². The maximum atomic E-state index is 4.13. The second kappa shape index (κ2) is 4.89. The molecule has 0 saturated heterocycles. The number of nitrogens with one attached hydrogen (secondary N) is 1. The first-order valence-electron chi connectivity index (χ1n) is 5.86. The molecule has 19 heavy (non-hydrogen) atoms. The Hall–Kier alpha value is -2.70. The first kappa shape index (κ1) is 11.4. The third kappa shape index (κ3) is 2.59. The van der Waals surface area contributed by atoms with Crippen LogP contribution >= 0.6 is 0 Å². The Balaban J connectivity index is 1.73. The number of aryl methyl sites for hydroxylation is 1. The van der Waals surface area contributed by atoms with Gasteiger partial charge in [-0.05, 0) is 28.6 Å². The summed E-state index contributed by atoms with van der Waals surface area (Å²) < 4.78 is 3.41. The summed E-state index contributed by atoms with van der Waals surface area (Å²) in [5.74, 6) is 0. The molecule has 3 rings (SSSR count). The molecule has 2 aromatic heterocycles. The number of benzene rings is 1. The molecule has 0 unspecified atom stereocenters. The molecule has 0 spiro atoms. The predicted molar refractivity (Wildman–Crippen MR) is 69.7 cm³/mol. The molecular weight excluding hydrogens is 242 g/mol. The number of nitrogens with zero attached hydrogens (tertiary/aromatic N) is 6. The van der Waals surface area contributed by atoms with Crippen molar-refractivity contribution in [2.75, 3.05) is 5.32 Å². The van der Waals surface area contributed by atoms with Crippen molar-refractivity contribution < 1.29 is 0 Å². The fraction of sp³-hybridized carbons (Fsp3) is 0.167. The smallest absolute Gasteiger partial charge is 0.143 e. The van der Waals surface area contributed by atoms with Crippen LogP contribution in [0.4, 0.5) is 5.69 Å². The zero-order chi connectivity index (χ0) is 13.1. The molecule has 0 aliphatic rings. The number of aromatic nitrogens is 6. The molecule has 7 nitrogen and oxygen atoms in total. The molecule has 2 heterocycles. The summed E-state index contributed by atoms with van der Waals surface area (Å²) in [7, 11) is 1.90. The van der Waals surface area contributed by atoms with Crippen molar-refractivity contribution in [3.8, 4) is 5.69 Å². The van der Waals surface area contributed by atoms with E-state index in [1.807, 2.05) is 43.7 Å². The third-order valence-corrected chi connectivity index (χ3v) is 2.71. The summed E-state index contributed by atoms with van der Waals surface area (Å²) in [6.07, 6.45) is 5.40. The third-order valence-electron chi connectivity index (χ3n) is 2.71. The van der Waals surface area contributed by atoms with E-state index in [9.17, 15) is 0 Å². The van der Waals surface area contributed by atoms with Gasteiger partial charge >= 0.3 is 0 Å². The number of hydrogen-bond acceptors (Lipinski definition) is 5. The van der Waals surface area contributed by atoms with Crippen molar-refractivity contribution in [2.45, 2.75) is 6.54 Å². The van der Waals surface area contributed by atoms with E-state index in [1.54, 1.807) is 15.7 Å². The van der Waals surface area contributed by atoms with Crippen LogP contribution in [-0.2, 0) is 13.6 Å². The topological polar surface area (TPSA) is 73.5 Å². The minimum atomic E-state index is 0.729. The van der Waals surface area contributed by atoms with E-state index in [1.165, 1.54) is 0 Å². The van der Waals surface area contributed by atoms with Gasteiger partial charge in [0.15, 0.2) is 0 Å². The Kier molecular flexibility index (Phi) is 2.93. The number of hydrogen-bond donors (Lipinski definition) is 1. The van der Waals surface area contributed by atoms with Gasteiger partial charge in [0.1, 0.15) is 6.33 Å². The molecule has 0 bridgehead atoms. The lowest BCUT2D eigenvalue weighted by molar-refractivity contribution is 0.767. The summed E-state index contributed by atoms with van der Waals surface area (Å²) in [6.45, 7) is 0.729. The van der Waals surface area contributed by atoms with Gasteiger partial charge in [-0.15, -0.1) is 5.10 Å². The van der Waals surface area contributed by atoms with E-state index in [2.05, 4.69) is 25.9 Å². The lowest BCUT2D eigenvalue weighted by Gasteiger charge is -2.06. The SMILES string of the molecule is Cn1cc(CNc2cccc(-n3cnnn3)c2)cn1. The second-order valence-electron chi connectivity index (χ2n) is 4.18.